The van der Waals surface area contributed by atoms with Gasteiger partial charge in [-0.3, -0.25) is 0 Å². The van der Waals surface area contributed by atoms with E-state index >= 15 is 0 Å². The van der Waals surface area contributed by atoms with Gasteiger partial charge >= 0.3 is 0 Å². The smallest absolute Gasteiger partial charge is 0.199 e. The Hall–Kier alpha value is -3.12. The van der Waals surface area contributed by atoms with Gasteiger partial charge in [0.2, 0.25) is 0 Å². The highest BCUT2D eigenvalue weighted by Gasteiger charge is 2.27. The minimum atomic E-state index is -0.141. The third kappa shape index (κ3) is 6.77. The second kappa shape index (κ2) is 14.0. The average Bonchev–Trinajstić information content (AvgIpc) is 3.02. The Morgan fingerprint density at radius 3 is 2.02 bits per heavy atom. The molecule has 0 aliphatic carbocycles. The summed E-state index contributed by atoms with van der Waals surface area (Å²) in [6.45, 7) is 5.03. The first-order valence-corrected chi connectivity index (χ1v) is 14.8. The average molecular weight is 542 g/mol. The number of rotatable bonds is 10. The van der Waals surface area contributed by atoms with Crippen molar-refractivity contribution in [2.24, 2.45) is 5.92 Å². The van der Waals surface area contributed by atoms with Crippen molar-refractivity contribution < 1.29 is 18.9 Å². The molecular formula is C35H43NO4. The van der Waals surface area contributed by atoms with Crippen LogP contribution in [0.5, 0.6) is 5.75 Å². The van der Waals surface area contributed by atoms with Gasteiger partial charge in [-0.25, -0.2) is 0 Å². The SMILES string of the molecule is CC/C(=C(\c1ccc(OC2CCCCO2)cc1)c1ccc(N2CCC(C(OC)OC)CC2)cc1)c1ccccc1. The molecule has 0 aromatic heterocycles. The standard InChI is InChI=1S/C35H43NO4/c1-4-32(26-10-6-5-7-11-26)34(28-15-19-31(20-16-28)40-33-12-8-9-25-39-33)27-13-17-30(18-14-27)36-23-21-29(22-24-36)35(37-2)38-3/h5-7,10-11,13-20,29,33,35H,4,8-9,12,21-25H2,1-3H3/b34-32+. The molecule has 0 radical (unpaired) electrons. The zero-order valence-corrected chi connectivity index (χ0v) is 24.2. The van der Waals surface area contributed by atoms with E-state index in [4.69, 9.17) is 18.9 Å². The predicted molar refractivity (Wildman–Crippen MR) is 162 cm³/mol. The van der Waals surface area contributed by atoms with Gasteiger partial charge in [0.1, 0.15) is 5.75 Å². The fourth-order valence-corrected chi connectivity index (χ4v) is 6.09. The van der Waals surface area contributed by atoms with Gasteiger partial charge in [-0.15, -0.1) is 0 Å². The fourth-order valence-electron chi connectivity index (χ4n) is 6.09. The van der Waals surface area contributed by atoms with Crippen LogP contribution in [0.3, 0.4) is 0 Å². The summed E-state index contributed by atoms with van der Waals surface area (Å²) in [6.07, 6.45) is 6.02. The summed E-state index contributed by atoms with van der Waals surface area (Å²) >= 11 is 0. The van der Waals surface area contributed by atoms with Crippen LogP contribution >= 0.6 is 0 Å². The maximum Gasteiger partial charge on any atom is 0.199 e. The number of benzene rings is 3. The van der Waals surface area contributed by atoms with Gasteiger partial charge in [-0.1, -0.05) is 61.5 Å². The summed E-state index contributed by atoms with van der Waals surface area (Å²) in [5.74, 6) is 1.30. The summed E-state index contributed by atoms with van der Waals surface area (Å²) in [4.78, 5) is 2.48. The van der Waals surface area contributed by atoms with Crippen LogP contribution in [0.15, 0.2) is 78.9 Å². The van der Waals surface area contributed by atoms with E-state index < -0.39 is 0 Å². The Bertz CT molecular complexity index is 1200. The lowest BCUT2D eigenvalue weighted by Crippen LogP contribution is -2.39. The number of anilines is 1. The Kier molecular flexibility index (Phi) is 9.93. The van der Waals surface area contributed by atoms with Crippen molar-refractivity contribution in [2.45, 2.75) is 58.0 Å². The van der Waals surface area contributed by atoms with E-state index in [0.717, 1.165) is 64.0 Å². The number of methoxy groups -OCH3 is 2. The summed E-state index contributed by atoms with van der Waals surface area (Å²) in [5.41, 5.74) is 7.54. The molecule has 5 nitrogen and oxygen atoms in total. The molecule has 40 heavy (non-hydrogen) atoms. The summed E-state index contributed by atoms with van der Waals surface area (Å²) in [5, 5.41) is 0. The molecule has 2 aliphatic rings. The molecule has 0 bridgehead atoms. The van der Waals surface area contributed by atoms with Crippen molar-refractivity contribution >= 4 is 16.8 Å². The quantitative estimate of drug-likeness (QED) is 0.193. The Morgan fingerprint density at radius 1 is 0.800 bits per heavy atom. The van der Waals surface area contributed by atoms with Crippen LogP contribution in [0.2, 0.25) is 0 Å². The minimum Gasteiger partial charge on any atom is -0.465 e. The van der Waals surface area contributed by atoms with E-state index in [1.807, 2.05) is 0 Å². The Labute approximate surface area is 239 Å². The molecule has 5 rings (SSSR count). The molecule has 0 N–H and O–H groups in total. The maximum absolute atomic E-state index is 6.13. The zero-order valence-electron chi connectivity index (χ0n) is 24.2. The lowest BCUT2D eigenvalue weighted by molar-refractivity contribution is -0.141. The predicted octanol–water partition coefficient (Wildman–Crippen LogP) is 7.80. The van der Waals surface area contributed by atoms with Gasteiger partial charge in [-0.05, 0) is 84.2 Å². The highest BCUT2D eigenvalue weighted by Crippen LogP contribution is 2.36. The van der Waals surface area contributed by atoms with Gasteiger partial charge in [0.25, 0.3) is 0 Å². The van der Waals surface area contributed by atoms with Crippen LogP contribution in [0.1, 0.15) is 62.1 Å². The molecule has 5 heteroatoms. The maximum atomic E-state index is 6.13. The molecule has 2 heterocycles. The minimum absolute atomic E-state index is 0.116. The van der Waals surface area contributed by atoms with Crippen molar-refractivity contribution in [1.29, 1.82) is 0 Å². The van der Waals surface area contributed by atoms with Crippen molar-refractivity contribution in [3.63, 3.8) is 0 Å². The molecule has 0 amide bonds. The first kappa shape index (κ1) is 28.4. The molecule has 2 saturated heterocycles. The molecule has 3 aromatic carbocycles. The van der Waals surface area contributed by atoms with Crippen LogP contribution < -0.4 is 9.64 Å². The highest BCUT2D eigenvalue weighted by molar-refractivity contribution is 5.98. The number of nitrogens with zero attached hydrogens (tertiary/aromatic N) is 1. The number of allylic oxidation sites excluding steroid dienone is 1. The van der Waals surface area contributed by atoms with Gasteiger partial charge < -0.3 is 23.8 Å². The van der Waals surface area contributed by atoms with Gasteiger partial charge in [0.15, 0.2) is 12.6 Å². The number of hydrogen-bond donors (Lipinski definition) is 0. The molecular weight excluding hydrogens is 498 g/mol. The van der Waals surface area contributed by atoms with Gasteiger partial charge in [-0.2, -0.15) is 0 Å². The van der Waals surface area contributed by atoms with Gasteiger partial charge in [0, 0.05) is 45.3 Å². The van der Waals surface area contributed by atoms with Crippen LogP contribution in [-0.4, -0.2) is 46.5 Å². The Morgan fingerprint density at radius 2 is 1.45 bits per heavy atom. The van der Waals surface area contributed by atoms with Crippen LogP contribution in [0, 0.1) is 5.92 Å². The summed E-state index contributed by atoms with van der Waals surface area (Å²) in [6, 6.07) is 28.4. The number of hydrogen-bond acceptors (Lipinski definition) is 5. The topological polar surface area (TPSA) is 40.2 Å². The lowest BCUT2D eigenvalue weighted by Gasteiger charge is -2.36. The monoisotopic (exact) mass is 541 g/mol. The number of piperidine rings is 1. The van der Waals surface area contributed by atoms with E-state index in [1.165, 1.54) is 33.5 Å². The fraction of sp³-hybridized carbons (Fsp3) is 0.429. The normalized spacial score (nSPS) is 19.0. The van der Waals surface area contributed by atoms with E-state index in [9.17, 15) is 0 Å². The molecule has 1 unspecified atom stereocenters. The summed E-state index contributed by atoms with van der Waals surface area (Å²) in [7, 11) is 3.46. The molecule has 3 aromatic rings. The van der Waals surface area contributed by atoms with Crippen LogP contribution in [0.25, 0.3) is 11.1 Å². The van der Waals surface area contributed by atoms with E-state index in [-0.39, 0.29) is 12.6 Å². The van der Waals surface area contributed by atoms with Crippen molar-refractivity contribution in [3.05, 3.63) is 95.6 Å². The van der Waals surface area contributed by atoms with Crippen LogP contribution in [0.4, 0.5) is 5.69 Å². The van der Waals surface area contributed by atoms with Gasteiger partial charge in [0.05, 0.1) is 6.61 Å². The molecule has 0 saturated carbocycles. The van der Waals surface area contributed by atoms with E-state index in [1.54, 1.807) is 14.2 Å². The van der Waals surface area contributed by atoms with Crippen molar-refractivity contribution in [1.82, 2.24) is 0 Å². The van der Waals surface area contributed by atoms with Crippen LogP contribution in [-0.2, 0) is 14.2 Å². The summed E-state index contributed by atoms with van der Waals surface area (Å²) < 4.78 is 22.9. The van der Waals surface area contributed by atoms with Crippen molar-refractivity contribution in [3.8, 4) is 5.75 Å². The molecule has 0 spiro atoms. The zero-order chi connectivity index (χ0) is 27.7. The Balaban J connectivity index is 1.40. The highest BCUT2D eigenvalue weighted by atomic mass is 16.7. The second-order valence-corrected chi connectivity index (χ2v) is 10.7. The third-order valence-electron chi connectivity index (χ3n) is 8.24. The number of ether oxygens (including phenoxy) is 4. The lowest BCUT2D eigenvalue weighted by atomic mass is 9.88. The molecule has 2 fully saturated rings. The van der Waals surface area contributed by atoms with E-state index in [2.05, 4.69) is 90.7 Å². The molecule has 212 valence electrons. The second-order valence-electron chi connectivity index (χ2n) is 10.7. The molecule has 2 aliphatic heterocycles. The molecule has 1 atom stereocenters. The first-order valence-electron chi connectivity index (χ1n) is 14.8. The van der Waals surface area contributed by atoms with E-state index in [0.29, 0.717) is 5.92 Å². The van der Waals surface area contributed by atoms with Crippen molar-refractivity contribution in [2.75, 3.05) is 38.8 Å². The first-order chi connectivity index (χ1) is 19.7. The third-order valence-corrected chi connectivity index (χ3v) is 8.24. The largest absolute Gasteiger partial charge is 0.465 e.